The van der Waals surface area contributed by atoms with Gasteiger partial charge in [-0.1, -0.05) is 65.5 Å². The third-order valence-electron chi connectivity index (χ3n) is 3.45. The summed E-state index contributed by atoms with van der Waals surface area (Å²) in [5.41, 5.74) is 0.499. The number of Topliss-reactive ketones (excluding diaryl/α,β-unsaturated/α-hetero) is 1. The highest BCUT2D eigenvalue weighted by atomic mass is 16.1. The highest BCUT2D eigenvalue weighted by Gasteiger charge is 2.08. The Kier molecular flexibility index (Phi) is 10.9. The van der Waals surface area contributed by atoms with E-state index in [2.05, 4.69) is 32.9 Å². The summed E-state index contributed by atoms with van der Waals surface area (Å²) in [4.78, 5) is 11.1. The molecule has 0 aromatic heterocycles. The Morgan fingerprint density at radius 2 is 1.47 bits per heavy atom. The van der Waals surface area contributed by atoms with Crippen LogP contribution in [0.4, 0.5) is 0 Å². The van der Waals surface area contributed by atoms with E-state index in [1.807, 2.05) is 6.92 Å². The molecule has 1 heteroatoms. The van der Waals surface area contributed by atoms with Crippen LogP contribution in [0.1, 0.15) is 91.9 Å². The Balaban J connectivity index is 3.23. The fraction of sp³-hybridized carbons (Fsp3) is 0.833. The second-order valence-electron chi connectivity index (χ2n) is 6.77. The van der Waals surface area contributed by atoms with Gasteiger partial charge in [-0.3, -0.25) is 4.79 Å². The molecule has 19 heavy (non-hydrogen) atoms. The van der Waals surface area contributed by atoms with Crippen LogP contribution in [-0.4, -0.2) is 5.78 Å². The maximum atomic E-state index is 11.1. The molecule has 0 aliphatic heterocycles. The summed E-state index contributed by atoms with van der Waals surface area (Å²) in [5.74, 6) is 0.378. The Bertz CT molecular complexity index is 245. The summed E-state index contributed by atoms with van der Waals surface area (Å²) in [5, 5.41) is 0. The van der Waals surface area contributed by atoms with Crippen molar-refractivity contribution in [3.05, 3.63) is 12.2 Å². The van der Waals surface area contributed by atoms with Gasteiger partial charge in [0.25, 0.3) is 0 Å². The molecule has 0 fully saturated rings. The zero-order chi connectivity index (χ0) is 14.6. The first-order chi connectivity index (χ1) is 8.95. The van der Waals surface area contributed by atoms with Gasteiger partial charge in [0.1, 0.15) is 5.78 Å². The highest BCUT2D eigenvalue weighted by molar-refractivity contribution is 5.78. The summed E-state index contributed by atoms with van der Waals surface area (Å²) in [6.07, 6.45) is 16.1. The van der Waals surface area contributed by atoms with Crippen LogP contribution in [0.25, 0.3) is 0 Å². The van der Waals surface area contributed by atoms with Crippen LogP contribution in [0, 0.1) is 5.41 Å². The molecule has 0 atom stereocenters. The minimum absolute atomic E-state index is 0.378. The number of carbonyl (C=O) groups is 1. The van der Waals surface area contributed by atoms with Gasteiger partial charge in [-0.25, -0.2) is 0 Å². The van der Waals surface area contributed by atoms with Crippen LogP contribution in [0.3, 0.4) is 0 Å². The molecular formula is C18H34O. The molecular weight excluding hydrogens is 232 g/mol. The first-order valence-corrected chi connectivity index (χ1v) is 8.12. The van der Waals surface area contributed by atoms with Crippen molar-refractivity contribution in [2.45, 2.75) is 91.9 Å². The number of allylic oxidation sites excluding steroid dienone is 2. The van der Waals surface area contributed by atoms with Crippen LogP contribution < -0.4 is 0 Å². The first kappa shape index (κ1) is 18.4. The summed E-state index contributed by atoms with van der Waals surface area (Å²) >= 11 is 0. The van der Waals surface area contributed by atoms with Crippen molar-refractivity contribution < 1.29 is 4.79 Å². The maximum Gasteiger partial charge on any atom is 0.132 e. The zero-order valence-electron chi connectivity index (χ0n) is 13.6. The van der Waals surface area contributed by atoms with Crippen LogP contribution in [-0.2, 0) is 4.79 Å². The van der Waals surface area contributed by atoms with E-state index in [4.69, 9.17) is 0 Å². The molecule has 0 aromatic carbocycles. The molecule has 0 amide bonds. The molecule has 0 bridgehead atoms. The topological polar surface area (TPSA) is 17.1 Å². The maximum absolute atomic E-state index is 11.1. The van der Waals surface area contributed by atoms with Crippen molar-refractivity contribution in [2.75, 3.05) is 0 Å². The van der Waals surface area contributed by atoms with Gasteiger partial charge in [-0.05, 0) is 31.1 Å². The molecule has 0 spiro atoms. The van der Waals surface area contributed by atoms with Gasteiger partial charge in [0.05, 0.1) is 0 Å². The molecule has 0 saturated heterocycles. The minimum atomic E-state index is 0.378. The standard InChI is InChI=1S/C18H34O/c1-5-17(19)15-13-11-9-7-6-8-10-12-14-16-18(2,3)4/h9,11H,5-8,10,12-16H2,1-4H3/b11-9+. The Hall–Kier alpha value is -0.590. The second kappa shape index (κ2) is 11.3. The van der Waals surface area contributed by atoms with Gasteiger partial charge in [0, 0.05) is 12.8 Å². The normalized spacial score (nSPS) is 12.2. The molecule has 0 heterocycles. The lowest BCUT2D eigenvalue weighted by molar-refractivity contribution is -0.118. The quantitative estimate of drug-likeness (QED) is 0.327. The Labute approximate surface area is 120 Å². The summed E-state index contributed by atoms with van der Waals surface area (Å²) in [7, 11) is 0. The van der Waals surface area contributed by atoms with Crippen molar-refractivity contribution >= 4 is 5.78 Å². The van der Waals surface area contributed by atoms with Gasteiger partial charge in [0.2, 0.25) is 0 Å². The van der Waals surface area contributed by atoms with E-state index in [-0.39, 0.29) is 0 Å². The molecule has 0 saturated carbocycles. The molecule has 0 aliphatic rings. The number of carbonyl (C=O) groups excluding carboxylic acids is 1. The van der Waals surface area contributed by atoms with E-state index in [1.165, 1.54) is 44.9 Å². The molecule has 0 rings (SSSR count). The molecule has 1 nitrogen and oxygen atoms in total. The number of hydrogen-bond donors (Lipinski definition) is 0. The van der Waals surface area contributed by atoms with E-state index in [9.17, 15) is 4.79 Å². The van der Waals surface area contributed by atoms with E-state index in [0.29, 0.717) is 17.6 Å². The molecule has 0 aromatic rings. The summed E-state index contributed by atoms with van der Waals surface area (Å²) in [6.45, 7) is 8.90. The third-order valence-corrected chi connectivity index (χ3v) is 3.45. The van der Waals surface area contributed by atoms with Gasteiger partial charge >= 0.3 is 0 Å². The highest BCUT2D eigenvalue weighted by Crippen LogP contribution is 2.22. The van der Waals surface area contributed by atoms with Gasteiger partial charge in [-0.15, -0.1) is 0 Å². The van der Waals surface area contributed by atoms with E-state index in [0.717, 1.165) is 12.8 Å². The van der Waals surface area contributed by atoms with Crippen molar-refractivity contribution in [1.82, 2.24) is 0 Å². The van der Waals surface area contributed by atoms with Crippen molar-refractivity contribution in [3.63, 3.8) is 0 Å². The van der Waals surface area contributed by atoms with E-state index < -0.39 is 0 Å². The number of ketones is 1. The van der Waals surface area contributed by atoms with Crippen LogP contribution in [0.15, 0.2) is 12.2 Å². The first-order valence-electron chi connectivity index (χ1n) is 8.12. The second-order valence-corrected chi connectivity index (χ2v) is 6.77. The van der Waals surface area contributed by atoms with Crippen LogP contribution in [0.5, 0.6) is 0 Å². The lowest BCUT2D eigenvalue weighted by Gasteiger charge is -2.17. The van der Waals surface area contributed by atoms with Crippen molar-refractivity contribution in [1.29, 1.82) is 0 Å². The predicted molar refractivity (Wildman–Crippen MR) is 85.4 cm³/mol. The van der Waals surface area contributed by atoms with Gasteiger partial charge < -0.3 is 0 Å². The van der Waals surface area contributed by atoms with Crippen LogP contribution in [0.2, 0.25) is 0 Å². The molecule has 112 valence electrons. The minimum Gasteiger partial charge on any atom is -0.300 e. The number of unbranched alkanes of at least 4 members (excludes halogenated alkanes) is 5. The lowest BCUT2D eigenvalue weighted by atomic mass is 9.89. The Morgan fingerprint density at radius 3 is 2.11 bits per heavy atom. The fourth-order valence-electron chi connectivity index (χ4n) is 2.10. The lowest BCUT2D eigenvalue weighted by Crippen LogP contribution is -2.03. The summed E-state index contributed by atoms with van der Waals surface area (Å²) in [6, 6.07) is 0. The van der Waals surface area contributed by atoms with Crippen molar-refractivity contribution in [3.8, 4) is 0 Å². The SMILES string of the molecule is CCC(=O)CC/C=C/CCCCCCCC(C)(C)C. The number of rotatable bonds is 11. The average Bonchev–Trinajstić information content (AvgIpc) is 2.34. The summed E-state index contributed by atoms with van der Waals surface area (Å²) < 4.78 is 0. The molecule has 0 unspecified atom stereocenters. The fourth-order valence-corrected chi connectivity index (χ4v) is 2.10. The Morgan fingerprint density at radius 1 is 0.895 bits per heavy atom. The average molecular weight is 266 g/mol. The molecule has 0 N–H and O–H groups in total. The third kappa shape index (κ3) is 15.4. The largest absolute Gasteiger partial charge is 0.300 e. The van der Waals surface area contributed by atoms with Crippen LogP contribution >= 0.6 is 0 Å². The van der Waals surface area contributed by atoms with E-state index in [1.54, 1.807) is 0 Å². The molecule has 0 radical (unpaired) electrons. The zero-order valence-corrected chi connectivity index (χ0v) is 13.6. The monoisotopic (exact) mass is 266 g/mol. The van der Waals surface area contributed by atoms with Gasteiger partial charge in [-0.2, -0.15) is 0 Å². The molecule has 0 aliphatic carbocycles. The predicted octanol–water partition coefficient (Wildman–Crippen LogP) is 6.08. The smallest absolute Gasteiger partial charge is 0.132 e. The van der Waals surface area contributed by atoms with Gasteiger partial charge in [0.15, 0.2) is 0 Å². The van der Waals surface area contributed by atoms with Crippen molar-refractivity contribution in [2.24, 2.45) is 5.41 Å². The number of hydrogen-bond acceptors (Lipinski definition) is 1. The van der Waals surface area contributed by atoms with E-state index >= 15 is 0 Å².